The van der Waals surface area contributed by atoms with Gasteiger partial charge in [0, 0.05) is 6.10 Å². The summed E-state index contributed by atoms with van der Waals surface area (Å²) in [6.07, 6.45) is 31.1. The van der Waals surface area contributed by atoms with Crippen molar-refractivity contribution in [2.75, 3.05) is 0 Å². The van der Waals surface area contributed by atoms with E-state index in [-0.39, 0.29) is 27.8 Å². The summed E-state index contributed by atoms with van der Waals surface area (Å²) >= 11 is 0. The topological polar surface area (TPSA) is 9.23 Å². The van der Waals surface area contributed by atoms with Crippen molar-refractivity contribution in [1.29, 1.82) is 0 Å². The standard InChI is InChI=1S/C21H40OSi.2C5H5.Ti/c1-9-10-11-14-20-19(8)13-12-15-21(20)22-23(16(2)3,17(4)5)18(6)7;2*1-2-4-5-3-1;/h16-19,21H,8-13,15H2,1-7H3;2*1-5H;/q-2;;;+4. The Kier molecular flexibility index (Phi) is 20.1. The van der Waals surface area contributed by atoms with E-state index in [9.17, 15) is 0 Å². The van der Waals surface area contributed by atoms with E-state index in [4.69, 9.17) is 4.43 Å². The van der Waals surface area contributed by atoms with Gasteiger partial charge in [-0.25, -0.2) is 0 Å². The molecule has 3 heteroatoms. The molecule has 3 aliphatic carbocycles. The summed E-state index contributed by atoms with van der Waals surface area (Å²) in [6.45, 7) is 20.9. The molecule has 10 radical (unpaired) electrons. The molecule has 0 aromatic rings. The van der Waals surface area contributed by atoms with Gasteiger partial charge in [-0.15, -0.1) is 0 Å². The van der Waals surface area contributed by atoms with E-state index < -0.39 is 8.32 Å². The second-order valence-electron chi connectivity index (χ2n) is 10.2. The normalized spacial score (nSPS) is 24.0. The van der Waals surface area contributed by atoms with Gasteiger partial charge >= 0.3 is 21.7 Å². The molecule has 186 valence electrons. The van der Waals surface area contributed by atoms with Crippen LogP contribution in [0.3, 0.4) is 0 Å². The minimum atomic E-state index is -1.82. The molecule has 0 aromatic carbocycles. The third kappa shape index (κ3) is 11.8. The predicted octanol–water partition coefficient (Wildman–Crippen LogP) is 9.14. The van der Waals surface area contributed by atoms with E-state index in [0.717, 1.165) is 6.42 Å². The van der Waals surface area contributed by atoms with Crippen molar-refractivity contribution in [2.45, 2.75) is 110 Å². The first kappa shape index (κ1) is 34.6. The van der Waals surface area contributed by atoms with Crippen molar-refractivity contribution in [3.63, 3.8) is 0 Å². The Bertz CT molecular complexity index is 459. The molecule has 0 saturated heterocycles. The van der Waals surface area contributed by atoms with E-state index in [1.807, 2.05) is 64.2 Å². The van der Waals surface area contributed by atoms with Crippen molar-refractivity contribution in [3.05, 3.63) is 82.8 Å². The SMILES string of the molecule is [CH2-]C1CCCC(O[Si](C(C)C)(C(C)C)C(C)C)C1=[C-]CCCC.[CH]1[CH][CH][CH][CH]1.[CH]1[CH][CH][CH][CH]1.[Ti+4]. The number of hydrogen-bond acceptors (Lipinski definition) is 1. The van der Waals surface area contributed by atoms with Crippen LogP contribution < -0.4 is 0 Å². The van der Waals surface area contributed by atoms with E-state index >= 15 is 0 Å². The Balaban J connectivity index is 0.000000804. The first-order chi connectivity index (χ1) is 15.8. The van der Waals surface area contributed by atoms with Crippen LogP contribution in [0.2, 0.25) is 16.6 Å². The van der Waals surface area contributed by atoms with Crippen LogP contribution in [0.1, 0.15) is 87.0 Å². The van der Waals surface area contributed by atoms with Crippen molar-refractivity contribution >= 4 is 8.32 Å². The van der Waals surface area contributed by atoms with Crippen molar-refractivity contribution in [2.24, 2.45) is 5.92 Å². The molecular weight excluding hydrogens is 464 g/mol. The number of rotatable bonds is 8. The van der Waals surface area contributed by atoms with Gasteiger partial charge in [-0.1, -0.05) is 74.1 Å². The van der Waals surface area contributed by atoms with Crippen LogP contribution in [0.15, 0.2) is 5.57 Å². The van der Waals surface area contributed by atoms with E-state index in [1.165, 1.54) is 37.7 Å². The summed E-state index contributed by atoms with van der Waals surface area (Å²) in [5.74, 6) is 0.406. The molecule has 1 nitrogen and oxygen atoms in total. The van der Waals surface area contributed by atoms with E-state index in [0.29, 0.717) is 22.5 Å². The zero-order valence-corrected chi connectivity index (χ0v) is 25.6. The molecule has 3 fully saturated rings. The van der Waals surface area contributed by atoms with Crippen LogP contribution in [0, 0.1) is 83.1 Å². The molecule has 0 aromatic heterocycles. The van der Waals surface area contributed by atoms with Crippen LogP contribution in [-0.4, -0.2) is 14.4 Å². The summed E-state index contributed by atoms with van der Waals surface area (Å²) in [5, 5.41) is 0. The van der Waals surface area contributed by atoms with Crippen molar-refractivity contribution < 1.29 is 26.1 Å². The summed E-state index contributed by atoms with van der Waals surface area (Å²) in [4.78, 5) is 0. The molecular formula is C31H50OSiTi+2. The van der Waals surface area contributed by atoms with Gasteiger partial charge in [0.2, 0.25) is 8.32 Å². The fourth-order valence-electron chi connectivity index (χ4n) is 5.21. The third-order valence-corrected chi connectivity index (χ3v) is 12.9. The summed E-state index contributed by atoms with van der Waals surface area (Å²) in [5.41, 5.74) is 3.32. The fourth-order valence-corrected chi connectivity index (χ4v) is 10.8. The summed E-state index contributed by atoms with van der Waals surface area (Å²) < 4.78 is 7.08. The smallest absolute Gasteiger partial charge is 0.497 e. The molecule has 34 heavy (non-hydrogen) atoms. The summed E-state index contributed by atoms with van der Waals surface area (Å²) in [6, 6.07) is 0. The van der Waals surface area contributed by atoms with E-state index in [2.05, 4.69) is 61.5 Å². The molecule has 2 unspecified atom stereocenters. The molecule has 0 N–H and O–H groups in total. The van der Waals surface area contributed by atoms with E-state index in [1.54, 1.807) is 0 Å². The largest absolute Gasteiger partial charge is 4.00 e. The maximum atomic E-state index is 7.08. The molecule has 3 rings (SSSR count). The van der Waals surface area contributed by atoms with Gasteiger partial charge < -0.3 is 17.4 Å². The van der Waals surface area contributed by atoms with Gasteiger partial charge in [0.05, 0.1) is 0 Å². The Morgan fingerprint density at radius 1 is 0.824 bits per heavy atom. The zero-order valence-electron chi connectivity index (χ0n) is 23.0. The molecule has 2 atom stereocenters. The van der Waals surface area contributed by atoms with Crippen LogP contribution in [-0.2, 0) is 26.1 Å². The Morgan fingerprint density at radius 3 is 1.59 bits per heavy atom. The monoisotopic (exact) mass is 514 g/mol. The van der Waals surface area contributed by atoms with Gasteiger partial charge in [0.1, 0.15) is 0 Å². The molecule has 3 saturated carbocycles. The van der Waals surface area contributed by atoms with Crippen LogP contribution in [0.4, 0.5) is 0 Å². The Hall–Kier alpha value is 0.631. The second-order valence-corrected chi connectivity index (χ2v) is 15.6. The molecule has 0 heterocycles. The maximum absolute atomic E-state index is 7.08. The van der Waals surface area contributed by atoms with Gasteiger partial charge in [-0.05, 0) is 87.3 Å². The summed E-state index contributed by atoms with van der Waals surface area (Å²) in [7, 11) is -1.82. The minimum Gasteiger partial charge on any atom is -0.497 e. The zero-order chi connectivity index (χ0) is 24.7. The Labute approximate surface area is 232 Å². The molecule has 0 aliphatic heterocycles. The second kappa shape index (κ2) is 19.7. The fraction of sp³-hybridized carbons (Fsp3) is 0.581. The molecule has 0 amide bonds. The van der Waals surface area contributed by atoms with Gasteiger partial charge in [0.15, 0.2) is 0 Å². The van der Waals surface area contributed by atoms with Crippen LogP contribution in [0.25, 0.3) is 0 Å². The number of hydrogen-bond donors (Lipinski definition) is 0. The predicted molar refractivity (Wildman–Crippen MR) is 148 cm³/mol. The minimum absolute atomic E-state index is 0. The molecule has 0 bridgehead atoms. The quantitative estimate of drug-likeness (QED) is 0.178. The number of allylic oxidation sites excluding steroid dienone is 1. The van der Waals surface area contributed by atoms with Crippen molar-refractivity contribution in [1.82, 2.24) is 0 Å². The first-order valence-electron chi connectivity index (χ1n) is 13.2. The van der Waals surface area contributed by atoms with Crippen LogP contribution in [0.5, 0.6) is 0 Å². The van der Waals surface area contributed by atoms with Crippen LogP contribution >= 0.6 is 0 Å². The maximum Gasteiger partial charge on any atom is 4.00 e. The van der Waals surface area contributed by atoms with Gasteiger partial charge in [-0.2, -0.15) is 12.3 Å². The van der Waals surface area contributed by atoms with Gasteiger partial charge in [0.25, 0.3) is 0 Å². The average Bonchev–Trinajstić information content (AvgIpc) is 3.52. The Morgan fingerprint density at radius 2 is 1.24 bits per heavy atom. The average molecular weight is 515 g/mol. The van der Waals surface area contributed by atoms with Gasteiger partial charge in [-0.3, -0.25) is 5.57 Å². The molecule has 3 aliphatic rings. The van der Waals surface area contributed by atoms with Crippen molar-refractivity contribution in [3.8, 4) is 0 Å². The molecule has 0 spiro atoms. The first-order valence-corrected chi connectivity index (χ1v) is 15.4. The third-order valence-electron chi connectivity index (χ3n) is 6.83. The number of unbranched alkanes of at least 4 members (excludes halogenated alkanes) is 2.